The summed E-state index contributed by atoms with van der Waals surface area (Å²) in [5.74, 6) is -0.801. The summed E-state index contributed by atoms with van der Waals surface area (Å²) in [6.45, 7) is 1.52. The number of phenolic OH excluding ortho intramolecular Hbond substituents is 1. The lowest BCUT2D eigenvalue weighted by molar-refractivity contribution is 0.0702. The van der Waals surface area contributed by atoms with Crippen molar-refractivity contribution in [2.24, 2.45) is 0 Å². The highest BCUT2D eigenvalue weighted by atomic mass is 35.5. The lowest BCUT2D eigenvalue weighted by Crippen LogP contribution is -2.18. The number of nitrogens with zero attached hydrogens (tertiary/aromatic N) is 2. The van der Waals surface area contributed by atoms with E-state index < -0.39 is 5.97 Å². The van der Waals surface area contributed by atoms with Crippen molar-refractivity contribution < 1.29 is 15.0 Å². The van der Waals surface area contributed by atoms with Gasteiger partial charge in [0, 0.05) is 18.7 Å². The Bertz CT molecular complexity index is 914. The number of halogens is 1. The van der Waals surface area contributed by atoms with Crippen LogP contribution in [0.2, 0.25) is 5.02 Å². The maximum atomic E-state index is 11.2. The number of phenols is 1. The Morgan fingerprint density at radius 3 is 2.67 bits per heavy atom. The van der Waals surface area contributed by atoms with E-state index >= 15 is 0 Å². The first kappa shape index (κ1) is 16.8. The highest BCUT2D eigenvalue weighted by Crippen LogP contribution is 2.37. The lowest BCUT2D eigenvalue weighted by atomic mass is 10.1. The molecule has 0 bridgehead atoms. The number of thiophene rings is 1. The number of aromatic hydroxyl groups is 1. The molecule has 0 fully saturated rings. The van der Waals surface area contributed by atoms with Gasteiger partial charge in [-0.25, -0.2) is 4.79 Å². The Hall–Kier alpha value is -2.02. The smallest absolute Gasteiger partial charge is 0.345 e. The van der Waals surface area contributed by atoms with Crippen LogP contribution >= 0.6 is 22.9 Å². The van der Waals surface area contributed by atoms with Crippen molar-refractivity contribution in [1.29, 1.82) is 0 Å². The lowest BCUT2D eigenvalue weighted by Gasteiger charge is -2.15. The predicted molar refractivity (Wildman–Crippen MR) is 97.4 cm³/mol. The van der Waals surface area contributed by atoms with Gasteiger partial charge in [0.25, 0.3) is 0 Å². The van der Waals surface area contributed by atoms with Crippen LogP contribution in [0.5, 0.6) is 5.75 Å². The van der Waals surface area contributed by atoms with Gasteiger partial charge in [-0.05, 0) is 44.4 Å². The molecule has 126 valence electrons. The molecule has 24 heavy (non-hydrogen) atoms. The first-order chi connectivity index (χ1) is 11.4. The number of carboxylic acids is 1. The quantitative estimate of drug-likeness (QED) is 0.718. The summed E-state index contributed by atoms with van der Waals surface area (Å²) in [7, 11) is 3.98. The number of carboxylic acid groups (broad SMARTS) is 1. The van der Waals surface area contributed by atoms with Crippen LogP contribution in [0.15, 0.2) is 30.3 Å². The number of hydrogen-bond donors (Lipinski definition) is 2. The maximum Gasteiger partial charge on any atom is 0.345 e. The van der Waals surface area contributed by atoms with Crippen molar-refractivity contribution in [3.8, 4) is 17.0 Å². The van der Waals surface area contributed by atoms with Gasteiger partial charge >= 0.3 is 5.97 Å². The van der Waals surface area contributed by atoms with Gasteiger partial charge in [-0.15, -0.1) is 11.3 Å². The van der Waals surface area contributed by atoms with Gasteiger partial charge in [0.1, 0.15) is 10.6 Å². The van der Waals surface area contributed by atoms with Gasteiger partial charge in [0.05, 0.1) is 20.9 Å². The normalized spacial score (nSPS) is 11.5. The third kappa shape index (κ3) is 3.13. The van der Waals surface area contributed by atoms with E-state index in [0.717, 1.165) is 28.0 Å². The van der Waals surface area contributed by atoms with Gasteiger partial charge in [-0.3, -0.25) is 0 Å². The van der Waals surface area contributed by atoms with Crippen LogP contribution in [0.4, 0.5) is 0 Å². The van der Waals surface area contributed by atoms with Gasteiger partial charge < -0.3 is 19.7 Å². The van der Waals surface area contributed by atoms with Crippen molar-refractivity contribution >= 4 is 39.1 Å². The number of carbonyl (C=O) groups is 1. The topological polar surface area (TPSA) is 65.7 Å². The zero-order valence-electron chi connectivity index (χ0n) is 13.3. The molecule has 3 aromatic rings. The van der Waals surface area contributed by atoms with Gasteiger partial charge in [-0.1, -0.05) is 11.6 Å². The van der Waals surface area contributed by atoms with Crippen LogP contribution in [-0.2, 0) is 6.54 Å². The Labute approximate surface area is 148 Å². The number of aromatic nitrogens is 1. The molecular formula is C17H17ClN2O3S. The molecule has 2 heterocycles. The van der Waals surface area contributed by atoms with Crippen molar-refractivity contribution in [3.05, 3.63) is 40.2 Å². The summed E-state index contributed by atoms with van der Waals surface area (Å²) in [6, 6.07) is 8.55. The predicted octanol–water partition coefficient (Wildman–Crippen LogP) is 3.99. The third-order valence-corrected chi connectivity index (χ3v) is 5.17. The Kier molecular flexibility index (Phi) is 4.54. The SMILES string of the molecule is CN(C)CCn1c(-c2ccc(O)cc2Cl)cc2sc(C(=O)O)cc21. The second-order valence-electron chi connectivity index (χ2n) is 5.81. The zero-order valence-corrected chi connectivity index (χ0v) is 14.9. The molecule has 1 aromatic carbocycles. The van der Waals surface area contributed by atoms with Gasteiger partial charge in [-0.2, -0.15) is 0 Å². The zero-order chi connectivity index (χ0) is 17.4. The van der Waals surface area contributed by atoms with Gasteiger partial charge in [0.15, 0.2) is 0 Å². The molecule has 7 heteroatoms. The van der Waals surface area contributed by atoms with Crippen LogP contribution in [0, 0.1) is 0 Å². The van der Waals surface area contributed by atoms with Crippen molar-refractivity contribution in [2.75, 3.05) is 20.6 Å². The highest BCUT2D eigenvalue weighted by molar-refractivity contribution is 7.20. The van der Waals surface area contributed by atoms with E-state index in [-0.39, 0.29) is 5.75 Å². The van der Waals surface area contributed by atoms with E-state index in [1.165, 1.54) is 17.4 Å². The monoisotopic (exact) mass is 364 g/mol. The second kappa shape index (κ2) is 6.47. The number of hydrogen-bond acceptors (Lipinski definition) is 4. The van der Waals surface area contributed by atoms with E-state index in [1.54, 1.807) is 18.2 Å². The van der Waals surface area contributed by atoms with Crippen LogP contribution in [-0.4, -0.2) is 46.3 Å². The molecule has 0 radical (unpaired) electrons. The summed E-state index contributed by atoms with van der Waals surface area (Å²) in [5.41, 5.74) is 2.62. The van der Waals surface area contributed by atoms with Crippen molar-refractivity contribution in [2.45, 2.75) is 6.54 Å². The van der Waals surface area contributed by atoms with E-state index in [4.69, 9.17) is 11.6 Å². The number of aromatic carboxylic acids is 1. The molecule has 0 unspecified atom stereocenters. The fraction of sp³-hybridized carbons (Fsp3) is 0.235. The second-order valence-corrected chi connectivity index (χ2v) is 7.30. The molecule has 2 aromatic heterocycles. The Morgan fingerprint density at radius 2 is 2.04 bits per heavy atom. The van der Waals surface area contributed by atoms with Gasteiger partial charge in [0.2, 0.25) is 0 Å². The molecule has 0 saturated heterocycles. The Morgan fingerprint density at radius 1 is 1.29 bits per heavy atom. The summed E-state index contributed by atoms with van der Waals surface area (Å²) in [6.07, 6.45) is 0. The fourth-order valence-electron chi connectivity index (χ4n) is 2.62. The van der Waals surface area contributed by atoms with E-state index in [1.807, 2.05) is 20.2 Å². The minimum Gasteiger partial charge on any atom is -0.508 e. The van der Waals surface area contributed by atoms with Crippen molar-refractivity contribution in [1.82, 2.24) is 9.47 Å². The number of rotatable bonds is 5. The highest BCUT2D eigenvalue weighted by Gasteiger charge is 2.18. The van der Waals surface area contributed by atoms with Crippen LogP contribution in [0.1, 0.15) is 9.67 Å². The first-order valence-corrected chi connectivity index (χ1v) is 8.56. The average molecular weight is 365 g/mol. The molecule has 0 saturated carbocycles. The molecule has 0 spiro atoms. The summed E-state index contributed by atoms with van der Waals surface area (Å²) in [5, 5.41) is 19.2. The van der Waals surface area contributed by atoms with Crippen LogP contribution in [0.3, 0.4) is 0 Å². The van der Waals surface area contributed by atoms with Crippen molar-refractivity contribution in [3.63, 3.8) is 0 Å². The first-order valence-electron chi connectivity index (χ1n) is 7.37. The maximum absolute atomic E-state index is 11.2. The third-order valence-electron chi connectivity index (χ3n) is 3.80. The van der Waals surface area contributed by atoms with E-state index in [9.17, 15) is 15.0 Å². The minimum atomic E-state index is -0.917. The number of fused-ring (bicyclic) bond motifs is 1. The fourth-order valence-corrected chi connectivity index (χ4v) is 3.83. The molecule has 0 amide bonds. The molecular weight excluding hydrogens is 348 g/mol. The molecule has 0 aliphatic heterocycles. The summed E-state index contributed by atoms with van der Waals surface area (Å²) >= 11 is 7.55. The molecule has 0 aliphatic rings. The Balaban J connectivity index is 2.16. The van der Waals surface area contributed by atoms with Crippen LogP contribution in [0.25, 0.3) is 21.5 Å². The van der Waals surface area contributed by atoms with E-state index in [2.05, 4.69) is 9.47 Å². The standard InChI is InChI=1S/C17H17ClN2O3S/c1-19(2)5-6-20-13(11-4-3-10(21)7-12(11)18)8-15-14(20)9-16(24-15)17(22)23/h3-4,7-9,21H,5-6H2,1-2H3,(H,22,23). The molecule has 0 atom stereocenters. The molecule has 3 rings (SSSR count). The molecule has 2 N–H and O–H groups in total. The average Bonchev–Trinajstić information content (AvgIpc) is 3.03. The molecule has 5 nitrogen and oxygen atoms in total. The largest absolute Gasteiger partial charge is 0.508 e. The summed E-state index contributed by atoms with van der Waals surface area (Å²) < 4.78 is 2.99. The van der Waals surface area contributed by atoms with Crippen LogP contribution < -0.4 is 0 Å². The minimum absolute atomic E-state index is 0.116. The molecule has 0 aliphatic carbocycles. The van der Waals surface area contributed by atoms with E-state index in [0.29, 0.717) is 16.4 Å². The number of likely N-dealkylation sites (N-methyl/N-ethyl adjacent to an activating group) is 1. The summed E-state index contributed by atoms with van der Waals surface area (Å²) in [4.78, 5) is 13.6. The number of benzene rings is 1.